The molecule has 0 radical (unpaired) electrons. The van der Waals surface area contributed by atoms with Crippen LogP contribution in [0.3, 0.4) is 0 Å². The Labute approximate surface area is 102 Å². The highest BCUT2D eigenvalue weighted by molar-refractivity contribution is 7.09. The van der Waals surface area contributed by atoms with E-state index in [0.29, 0.717) is 0 Å². The molecule has 16 heavy (non-hydrogen) atoms. The topological polar surface area (TPSA) is 24.9 Å². The number of hydrogen-bond donors (Lipinski definition) is 1. The summed E-state index contributed by atoms with van der Waals surface area (Å²) in [5, 5.41) is 6.88. The fourth-order valence-corrected chi connectivity index (χ4v) is 3.03. The van der Waals surface area contributed by atoms with Gasteiger partial charge < -0.3 is 5.32 Å². The summed E-state index contributed by atoms with van der Waals surface area (Å²) in [7, 11) is 0. The second-order valence-electron chi connectivity index (χ2n) is 5.01. The predicted octanol–water partition coefficient (Wildman–Crippen LogP) is 3.10. The van der Waals surface area contributed by atoms with Gasteiger partial charge in [0, 0.05) is 24.5 Å². The Morgan fingerprint density at radius 1 is 1.38 bits per heavy atom. The molecule has 1 fully saturated rings. The van der Waals surface area contributed by atoms with E-state index in [1.54, 1.807) is 11.3 Å². The summed E-state index contributed by atoms with van der Waals surface area (Å²) in [6.45, 7) is 4.67. The number of hydrogen-bond acceptors (Lipinski definition) is 3. The minimum atomic E-state index is 0.924. The number of nitrogens with one attached hydrogen (secondary N) is 1. The molecule has 1 aromatic heterocycles. The summed E-state index contributed by atoms with van der Waals surface area (Å²) in [6, 6.07) is 0. The van der Waals surface area contributed by atoms with E-state index in [1.165, 1.54) is 37.2 Å². The normalized spacial score (nSPS) is 25.8. The van der Waals surface area contributed by atoms with Crippen LogP contribution in [0.4, 0.5) is 0 Å². The molecule has 0 unspecified atom stereocenters. The Kier molecular flexibility index (Phi) is 4.79. The molecule has 0 aromatic carbocycles. The molecule has 0 amide bonds. The van der Waals surface area contributed by atoms with E-state index < -0.39 is 0 Å². The van der Waals surface area contributed by atoms with Gasteiger partial charge in [-0.25, -0.2) is 4.98 Å². The Hall–Kier alpha value is -0.410. The van der Waals surface area contributed by atoms with E-state index in [4.69, 9.17) is 0 Å². The molecular formula is C13H22N2S. The maximum absolute atomic E-state index is 4.29. The largest absolute Gasteiger partial charge is 0.316 e. The smallest absolute Gasteiger partial charge is 0.0937 e. The quantitative estimate of drug-likeness (QED) is 0.797. The molecule has 1 aliphatic rings. The highest BCUT2D eigenvalue weighted by atomic mass is 32.1. The van der Waals surface area contributed by atoms with Gasteiger partial charge in [0.1, 0.15) is 0 Å². The molecule has 0 saturated heterocycles. The second kappa shape index (κ2) is 6.36. The van der Waals surface area contributed by atoms with Crippen LogP contribution in [-0.4, -0.2) is 18.1 Å². The van der Waals surface area contributed by atoms with Crippen LogP contribution in [0.15, 0.2) is 11.6 Å². The monoisotopic (exact) mass is 238 g/mol. The Morgan fingerprint density at radius 3 is 2.88 bits per heavy atom. The van der Waals surface area contributed by atoms with E-state index in [9.17, 15) is 0 Å². The molecule has 1 saturated carbocycles. The maximum Gasteiger partial charge on any atom is 0.0937 e. The van der Waals surface area contributed by atoms with Crippen LogP contribution in [0.5, 0.6) is 0 Å². The van der Waals surface area contributed by atoms with Crippen LogP contribution >= 0.6 is 11.3 Å². The first kappa shape index (κ1) is 12.1. The summed E-state index contributed by atoms with van der Waals surface area (Å²) in [5.41, 5.74) is 0. The average Bonchev–Trinajstić information content (AvgIpc) is 2.80. The molecule has 0 spiro atoms. The third kappa shape index (κ3) is 3.87. The molecule has 2 rings (SSSR count). The van der Waals surface area contributed by atoms with E-state index in [-0.39, 0.29) is 0 Å². The van der Waals surface area contributed by atoms with Crippen LogP contribution in [0.1, 0.15) is 37.6 Å². The van der Waals surface area contributed by atoms with Crippen LogP contribution in [0.2, 0.25) is 0 Å². The lowest BCUT2D eigenvalue weighted by atomic mass is 9.83. The molecule has 90 valence electrons. The summed E-state index contributed by atoms with van der Waals surface area (Å²) in [5.74, 6) is 1.89. The molecule has 0 atom stereocenters. The molecule has 1 heterocycles. The van der Waals surface area contributed by atoms with Gasteiger partial charge in [-0.15, -0.1) is 11.3 Å². The molecule has 0 bridgehead atoms. The SMILES string of the molecule is CC1CCC(CNCCc2nccs2)CC1. The number of aromatic nitrogens is 1. The lowest BCUT2D eigenvalue weighted by molar-refractivity contribution is 0.282. The Morgan fingerprint density at radius 2 is 2.19 bits per heavy atom. The Bertz CT molecular complexity index is 276. The van der Waals surface area contributed by atoms with Gasteiger partial charge >= 0.3 is 0 Å². The molecule has 0 aliphatic heterocycles. The zero-order valence-electron chi connectivity index (χ0n) is 10.1. The first-order valence-electron chi connectivity index (χ1n) is 6.43. The van der Waals surface area contributed by atoms with Gasteiger partial charge in [-0.1, -0.05) is 19.8 Å². The lowest BCUT2D eigenvalue weighted by Gasteiger charge is -2.26. The van der Waals surface area contributed by atoms with Crippen LogP contribution in [0, 0.1) is 11.8 Å². The zero-order valence-corrected chi connectivity index (χ0v) is 10.9. The van der Waals surface area contributed by atoms with Crippen molar-refractivity contribution in [2.24, 2.45) is 11.8 Å². The van der Waals surface area contributed by atoms with Crippen molar-refractivity contribution in [3.63, 3.8) is 0 Å². The predicted molar refractivity (Wildman–Crippen MR) is 69.8 cm³/mol. The van der Waals surface area contributed by atoms with Gasteiger partial charge in [-0.05, 0) is 31.2 Å². The van der Waals surface area contributed by atoms with E-state index in [1.807, 2.05) is 6.20 Å². The fraction of sp³-hybridized carbons (Fsp3) is 0.769. The number of rotatable bonds is 5. The molecule has 1 aliphatic carbocycles. The third-order valence-corrected chi connectivity index (χ3v) is 4.41. The summed E-state index contributed by atoms with van der Waals surface area (Å²) >= 11 is 1.76. The maximum atomic E-state index is 4.29. The summed E-state index contributed by atoms with van der Waals surface area (Å²) in [4.78, 5) is 4.29. The van der Waals surface area contributed by atoms with Crippen LogP contribution in [-0.2, 0) is 6.42 Å². The van der Waals surface area contributed by atoms with E-state index in [0.717, 1.165) is 24.8 Å². The van der Waals surface area contributed by atoms with Gasteiger partial charge in [-0.3, -0.25) is 0 Å². The molecule has 2 nitrogen and oxygen atoms in total. The third-order valence-electron chi connectivity index (χ3n) is 3.57. The molecule has 1 N–H and O–H groups in total. The highest BCUT2D eigenvalue weighted by Crippen LogP contribution is 2.27. The number of thiazole rings is 1. The van der Waals surface area contributed by atoms with E-state index >= 15 is 0 Å². The van der Waals surface area contributed by atoms with E-state index in [2.05, 4.69) is 22.6 Å². The van der Waals surface area contributed by atoms with Crippen LogP contribution < -0.4 is 5.32 Å². The molecular weight excluding hydrogens is 216 g/mol. The second-order valence-corrected chi connectivity index (χ2v) is 5.98. The summed E-state index contributed by atoms with van der Waals surface area (Å²) in [6.07, 6.45) is 8.68. The van der Waals surface area contributed by atoms with Crippen molar-refractivity contribution in [1.29, 1.82) is 0 Å². The van der Waals surface area contributed by atoms with Gasteiger partial charge in [0.25, 0.3) is 0 Å². The number of nitrogens with zero attached hydrogens (tertiary/aromatic N) is 1. The van der Waals surface area contributed by atoms with Crippen molar-refractivity contribution in [2.45, 2.75) is 39.0 Å². The van der Waals surface area contributed by atoms with Gasteiger partial charge in [0.2, 0.25) is 0 Å². The van der Waals surface area contributed by atoms with Crippen molar-refractivity contribution >= 4 is 11.3 Å². The molecule has 1 aromatic rings. The van der Waals surface area contributed by atoms with Crippen molar-refractivity contribution in [3.05, 3.63) is 16.6 Å². The standard InChI is InChI=1S/C13H22N2S/c1-11-2-4-12(5-3-11)10-14-7-6-13-15-8-9-16-13/h8-9,11-12,14H,2-7,10H2,1H3. The van der Waals surface area contributed by atoms with Crippen molar-refractivity contribution in [2.75, 3.05) is 13.1 Å². The first-order valence-corrected chi connectivity index (χ1v) is 7.31. The van der Waals surface area contributed by atoms with Gasteiger partial charge in [0.05, 0.1) is 5.01 Å². The van der Waals surface area contributed by atoms with Crippen molar-refractivity contribution in [1.82, 2.24) is 10.3 Å². The van der Waals surface area contributed by atoms with Crippen molar-refractivity contribution < 1.29 is 0 Å². The van der Waals surface area contributed by atoms with Crippen LogP contribution in [0.25, 0.3) is 0 Å². The Balaban J connectivity index is 1.55. The minimum Gasteiger partial charge on any atom is -0.316 e. The lowest BCUT2D eigenvalue weighted by Crippen LogP contribution is -2.27. The zero-order chi connectivity index (χ0) is 11.2. The minimum absolute atomic E-state index is 0.924. The first-order chi connectivity index (χ1) is 7.84. The molecule has 3 heteroatoms. The summed E-state index contributed by atoms with van der Waals surface area (Å²) < 4.78 is 0. The van der Waals surface area contributed by atoms with Gasteiger partial charge in [0.15, 0.2) is 0 Å². The van der Waals surface area contributed by atoms with Crippen molar-refractivity contribution in [3.8, 4) is 0 Å². The van der Waals surface area contributed by atoms with Gasteiger partial charge in [-0.2, -0.15) is 0 Å². The highest BCUT2D eigenvalue weighted by Gasteiger charge is 2.17. The fourth-order valence-electron chi connectivity index (χ4n) is 2.41. The average molecular weight is 238 g/mol.